The summed E-state index contributed by atoms with van der Waals surface area (Å²) in [6.07, 6.45) is 7.99. The van der Waals surface area contributed by atoms with Crippen LogP contribution in [-0.4, -0.2) is 27.1 Å². The third kappa shape index (κ3) is 4.85. The predicted molar refractivity (Wildman–Crippen MR) is 89.5 cm³/mol. The van der Waals surface area contributed by atoms with Gasteiger partial charge in [-0.2, -0.15) is 0 Å². The summed E-state index contributed by atoms with van der Waals surface area (Å²) < 4.78 is 0. The average Bonchev–Trinajstić information content (AvgIpc) is 2.39. The van der Waals surface area contributed by atoms with E-state index in [1.807, 2.05) is 0 Å². The molecule has 3 heteroatoms. The lowest BCUT2D eigenvalue weighted by atomic mass is 9.56. The Morgan fingerprint density at radius 1 is 1.16 bits per heavy atom. The number of rotatable bonds is 8. The van der Waals surface area contributed by atoms with E-state index in [4.69, 9.17) is 0 Å². The van der Waals surface area contributed by atoms with Gasteiger partial charge in [0.1, 0.15) is 14.6 Å². The molecular weight excluding hydrogens is 228 g/mol. The lowest BCUT2D eigenvalue weighted by Gasteiger charge is -2.48. The van der Waals surface area contributed by atoms with E-state index in [1.165, 1.54) is 38.3 Å². The number of nitrogens with one attached hydrogen (secondary N) is 1. The summed E-state index contributed by atoms with van der Waals surface area (Å²) in [6.45, 7) is 12.8. The predicted octanol–water partition coefficient (Wildman–Crippen LogP) is 4.14. The van der Waals surface area contributed by atoms with E-state index in [1.54, 1.807) is 0 Å². The van der Waals surface area contributed by atoms with Crippen LogP contribution in [0.25, 0.3) is 0 Å². The molecule has 1 aliphatic carbocycles. The Morgan fingerprint density at radius 3 is 2.47 bits per heavy atom. The molecule has 1 rings (SSSR count). The molecule has 0 aliphatic heterocycles. The first kappa shape index (κ1) is 17.1. The quantitative estimate of drug-likeness (QED) is 0.511. The summed E-state index contributed by atoms with van der Waals surface area (Å²) in [6, 6.07) is 0.730. The van der Waals surface area contributed by atoms with Gasteiger partial charge in [-0.3, -0.25) is 0 Å². The summed E-state index contributed by atoms with van der Waals surface area (Å²) in [5.41, 5.74) is 0.460. The van der Waals surface area contributed by atoms with Crippen molar-refractivity contribution in [3.05, 3.63) is 0 Å². The van der Waals surface area contributed by atoms with Crippen molar-refractivity contribution in [2.75, 3.05) is 6.54 Å². The van der Waals surface area contributed by atoms with Crippen LogP contribution < -0.4 is 5.32 Å². The molecule has 0 heterocycles. The van der Waals surface area contributed by atoms with E-state index in [0.29, 0.717) is 5.41 Å². The normalized spacial score (nSPS) is 28.2. The van der Waals surface area contributed by atoms with Crippen molar-refractivity contribution in [2.24, 2.45) is 17.3 Å². The van der Waals surface area contributed by atoms with Gasteiger partial charge in [-0.05, 0) is 30.2 Å². The molecule has 0 aromatic carbocycles. The van der Waals surface area contributed by atoms with Gasteiger partial charge in [-0.1, -0.05) is 66.3 Å². The fourth-order valence-electron chi connectivity index (χ4n) is 3.92. The highest BCUT2D eigenvalue weighted by molar-refractivity contribution is 6.33. The lowest BCUT2D eigenvalue weighted by molar-refractivity contribution is 0.0627. The van der Waals surface area contributed by atoms with Crippen LogP contribution in [-0.2, 0) is 0 Å². The van der Waals surface area contributed by atoms with Gasteiger partial charge in [0.25, 0.3) is 0 Å². The second-order valence-electron chi connectivity index (χ2n) is 6.96. The highest BCUT2D eigenvalue weighted by Gasteiger charge is 2.41. The zero-order valence-corrected chi connectivity index (χ0v) is 13.8. The fraction of sp³-hybridized carbons (Fsp3) is 1.00. The Bertz CT molecular complexity index is 241. The van der Waals surface area contributed by atoms with Crippen molar-refractivity contribution < 1.29 is 0 Å². The molecule has 0 aromatic heterocycles. The first-order chi connectivity index (χ1) is 9.06. The summed E-state index contributed by atoms with van der Waals surface area (Å²) in [4.78, 5) is 0. The van der Waals surface area contributed by atoms with E-state index >= 15 is 0 Å². The zero-order valence-electron chi connectivity index (χ0n) is 13.8. The number of hydrogen-bond donors (Lipinski definition) is 1. The molecule has 1 unspecified atom stereocenters. The molecule has 108 valence electrons. The molecule has 0 saturated heterocycles. The van der Waals surface area contributed by atoms with Crippen LogP contribution >= 0.6 is 0 Å². The second-order valence-corrected chi connectivity index (χ2v) is 6.96. The Morgan fingerprint density at radius 2 is 1.89 bits per heavy atom. The minimum Gasteiger partial charge on any atom is -0.314 e. The second kappa shape index (κ2) is 8.39. The summed E-state index contributed by atoms with van der Waals surface area (Å²) in [5, 5.41) is 3.86. The molecule has 1 aliphatic rings. The van der Waals surface area contributed by atoms with E-state index in [0.717, 1.165) is 24.4 Å². The molecule has 2 radical (unpaired) electrons. The maximum Gasteiger partial charge on any atom is 0.107 e. The van der Waals surface area contributed by atoms with Crippen molar-refractivity contribution in [1.82, 2.24) is 5.32 Å². The Balaban J connectivity index is 2.74. The fourth-order valence-corrected chi connectivity index (χ4v) is 3.92. The Hall–Kier alpha value is 0.0899. The van der Waals surface area contributed by atoms with E-state index in [9.17, 15) is 0 Å². The van der Waals surface area contributed by atoms with Crippen molar-refractivity contribution in [1.29, 1.82) is 0 Å². The summed E-state index contributed by atoms with van der Waals surface area (Å²) in [5.74, 6) is 1.72. The summed E-state index contributed by atoms with van der Waals surface area (Å²) >= 11 is 0. The maximum atomic E-state index is 3.86. The highest BCUT2D eigenvalue weighted by Crippen LogP contribution is 2.45. The lowest BCUT2D eigenvalue weighted by Crippen LogP contribution is -2.49. The van der Waals surface area contributed by atoms with Crippen LogP contribution in [0, 0.1) is 17.3 Å². The first-order valence-corrected chi connectivity index (χ1v) is 8.35. The molecule has 0 bridgehead atoms. The maximum absolute atomic E-state index is 3.86. The third-order valence-electron chi connectivity index (χ3n) is 5.22. The van der Waals surface area contributed by atoms with Crippen LogP contribution in [0.2, 0.25) is 26.3 Å². The first-order valence-electron chi connectivity index (χ1n) is 8.35. The molecule has 19 heavy (non-hydrogen) atoms. The molecule has 0 aromatic rings. The molecule has 1 nitrogen and oxygen atoms in total. The molecule has 3 atom stereocenters. The average molecular weight is 261 g/mol. The van der Waals surface area contributed by atoms with Gasteiger partial charge in [0.2, 0.25) is 0 Å². The van der Waals surface area contributed by atoms with Gasteiger partial charge in [0, 0.05) is 6.04 Å². The zero-order chi connectivity index (χ0) is 14.3. The van der Waals surface area contributed by atoms with Gasteiger partial charge < -0.3 is 5.32 Å². The summed E-state index contributed by atoms with van der Waals surface area (Å²) in [7, 11) is 4.65. The molecular formula is C16H33B2N. The Kier molecular flexibility index (Phi) is 7.57. The monoisotopic (exact) mass is 261 g/mol. The van der Waals surface area contributed by atoms with E-state index < -0.39 is 0 Å². The molecule has 1 fully saturated rings. The number of hydrogen-bond acceptors (Lipinski definition) is 1. The van der Waals surface area contributed by atoms with Crippen molar-refractivity contribution in [3.63, 3.8) is 0 Å². The van der Waals surface area contributed by atoms with Crippen LogP contribution in [0.5, 0.6) is 0 Å². The van der Waals surface area contributed by atoms with Gasteiger partial charge in [-0.25, -0.2) is 0 Å². The van der Waals surface area contributed by atoms with E-state index in [2.05, 4.69) is 54.3 Å². The minimum atomic E-state index is 0.460. The molecule has 1 N–H and O–H groups in total. The molecule has 1 saturated carbocycles. The van der Waals surface area contributed by atoms with E-state index in [-0.39, 0.29) is 0 Å². The SMILES string of the molecule is C[B]CCNC1CCC[C@@H](C[B]C)[C@H]1C(C)(C)CC. The largest absolute Gasteiger partial charge is 0.314 e. The van der Waals surface area contributed by atoms with Gasteiger partial charge >= 0.3 is 0 Å². The van der Waals surface area contributed by atoms with Gasteiger partial charge in [0.15, 0.2) is 0 Å². The smallest absolute Gasteiger partial charge is 0.107 e. The standard InChI is InChI=1S/C16H33B2N/c1-6-16(2,3)15-13(12-18-5)8-7-9-14(15)19-11-10-17-4/h13-15,19H,6-12H2,1-5H3/t13-,14?,15+/m0/s1. The minimum absolute atomic E-state index is 0.460. The molecule has 0 amide bonds. The molecule has 0 spiro atoms. The van der Waals surface area contributed by atoms with Crippen LogP contribution in [0.1, 0.15) is 46.5 Å². The van der Waals surface area contributed by atoms with Gasteiger partial charge in [0.05, 0.1) is 0 Å². The Labute approximate surface area is 123 Å². The van der Waals surface area contributed by atoms with Gasteiger partial charge in [-0.15, -0.1) is 0 Å². The van der Waals surface area contributed by atoms with Crippen LogP contribution in [0.4, 0.5) is 0 Å². The third-order valence-corrected chi connectivity index (χ3v) is 5.22. The van der Waals surface area contributed by atoms with Crippen LogP contribution in [0.15, 0.2) is 0 Å². The highest BCUT2D eigenvalue weighted by atomic mass is 14.9. The topological polar surface area (TPSA) is 12.0 Å². The van der Waals surface area contributed by atoms with Crippen LogP contribution in [0.3, 0.4) is 0 Å². The van der Waals surface area contributed by atoms with Crippen molar-refractivity contribution in [2.45, 2.75) is 78.8 Å². The van der Waals surface area contributed by atoms with Crippen molar-refractivity contribution >= 4 is 14.6 Å². The van der Waals surface area contributed by atoms with Crippen molar-refractivity contribution in [3.8, 4) is 0 Å².